The molecule has 0 saturated carbocycles. The van der Waals surface area contributed by atoms with Crippen LogP contribution >= 0.6 is 0 Å². The summed E-state index contributed by atoms with van der Waals surface area (Å²) in [5.74, 6) is -0.0403. The van der Waals surface area contributed by atoms with Gasteiger partial charge in [0.05, 0.1) is 18.2 Å². The molecule has 1 aliphatic rings. The summed E-state index contributed by atoms with van der Waals surface area (Å²) in [5, 5.41) is 3.01. The molecule has 1 saturated heterocycles. The first-order valence-electron chi connectivity index (χ1n) is 6.23. The van der Waals surface area contributed by atoms with E-state index in [2.05, 4.69) is 12.2 Å². The van der Waals surface area contributed by atoms with Crippen LogP contribution in [0.2, 0.25) is 0 Å². The summed E-state index contributed by atoms with van der Waals surface area (Å²) in [6.45, 7) is 5.52. The molecule has 1 fully saturated rings. The smallest absolute Gasteiger partial charge is 0.237 e. The van der Waals surface area contributed by atoms with Crippen LogP contribution in [-0.2, 0) is 9.53 Å². The Morgan fingerprint density at radius 1 is 1.62 bits per heavy atom. The van der Waals surface area contributed by atoms with Crippen molar-refractivity contribution in [3.63, 3.8) is 0 Å². The van der Waals surface area contributed by atoms with Crippen LogP contribution in [0.3, 0.4) is 0 Å². The highest BCUT2D eigenvalue weighted by atomic mass is 16.5. The zero-order valence-electron chi connectivity index (χ0n) is 10.4. The van der Waals surface area contributed by atoms with Gasteiger partial charge in [-0.05, 0) is 26.2 Å². The predicted octanol–water partition coefficient (Wildman–Crippen LogP) is 1.19. The molecule has 4 nitrogen and oxygen atoms in total. The van der Waals surface area contributed by atoms with Gasteiger partial charge >= 0.3 is 0 Å². The summed E-state index contributed by atoms with van der Waals surface area (Å²) in [6, 6.07) is -0.376. The van der Waals surface area contributed by atoms with Crippen LogP contribution in [0.25, 0.3) is 0 Å². The molecule has 2 atom stereocenters. The van der Waals surface area contributed by atoms with Gasteiger partial charge in [-0.1, -0.05) is 19.8 Å². The fourth-order valence-corrected chi connectivity index (χ4v) is 1.98. The monoisotopic (exact) mass is 228 g/mol. The van der Waals surface area contributed by atoms with Crippen LogP contribution in [0.15, 0.2) is 0 Å². The van der Waals surface area contributed by atoms with Crippen molar-refractivity contribution in [3.05, 3.63) is 0 Å². The predicted molar refractivity (Wildman–Crippen MR) is 64.1 cm³/mol. The van der Waals surface area contributed by atoms with Gasteiger partial charge in [-0.15, -0.1) is 0 Å². The molecule has 0 aliphatic carbocycles. The summed E-state index contributed by atoms with van der Waals surface area (Å²) < 4.78 is 5.39. The topological polar surface area (TPSA) is 64.4 Å². The highest BCUT2D eigenvalue weighted by Crippen LogP contribution is 2.18. The Hall–Kier alpha value is -0.610. The van der Waals surface area contributed by atoms with Crippen molar-refractivity contribution in [1.29, 1.82) is 0 Å². The molecule has 0 aromatic heterocycles. The Bertz CT molecular complexity index is 225. The van der Waals surface area contributed by atoms with E-state index >= 15 is 0 Å². The zero-order valence-corrected chi connectivity index (χ0v) is 10.4. The van der Waals surface area contributed by atoms with Gasteiger partial charge in [0.25, 0.3) is 0 Å². The van der Waals surface area contributed by atoms with E-state index in [4.69, 9.17) is 10.5 Å². The number of amides is 1. The number of hydrogen-bond donors (Lipinski definition) is 2. The van der Waals surface area contributed by atoms with E-state index < -0.39 is 0 Å². The Morgan fingerprint density at radius 3 is 2.94 bits per heavy atom. The molecule has 1 rings (SSSR count). The molecule has 4 heteroatoms. The molecular formula is C12H24N2O2. The standard InChI is InChI=1S/C12H24N2O2/c1-3-4-6-10(13)11(15)14-12(2)7-5-8-16-9-12/h10H,3-9,13H2,1-2H3,(H,14,15)/t10-,12?/m0/s1. The van der Waals surface area contributed by atoms with Crippen LogP contribution in [-0.4, -0.2) is 30.7 Å². The Labute approximate surface area is 97.9 Å². The number of hydrogen-bond acceptors (Lipinski definition) is 3. The van der Waals surface area contributed by atoms with Gasteiger partial charge in [0.1, 0.15) is 0 Å². The molecule has 0 spiro atoms. The minimum Gasteiger partial charge on any atom is -0.379 e. The Kier molecular flexibility index (Phi) is 5.22. The second-order valence-corrected chi connectivity index (χ2v) is 4.95. The fourth-order valence-electron chi connectivity index (χ4n) is 1.98. The molecule has 1 aliphatic heterocycles. The maximum absolute atomic E-state index is 11.8. The van der Waals surface area contributed by atoms with E-state index in [0.717, 1.165) is 38.7 Å². The number of nitrogens with one attached hydrogen (secondary N) is 1. The van der Waals surface area contributed by atoms with Gasteiger partial charge in [-0.2, -0.15) is 0 Å². The number of carbonyl (C=O) groups excluding carboxylic acids is 1. The normalized spacial score (nSPS) is 27.4. The third-order valence-electron chi connectivity index (χ3n) is 3.07. The van der Waals surface area contributed by atoms with E-state index in [0.29, 0.717) is 6.61 Å². The van der Waals surface area contributed by atoms with E-state index in [1.165, 1.54) is 0 Å². The summed E-state index contributed by atoms with van der Waals surface area (Å²) in [6.07, 6.45) is 4.81. The van der Waals surface area contributed by atoms with Crippen LogP contribution in [0.4, 0.5) is 0 Å². The molecule has 0 radical (unpaired) electrons. The molecule has 0 aromatic rings. The quantitative estimate of drug-likeness (QED) is 0.743. The van der Waals surface area contributed by atoms with E-state index in [1.807, 2.05) is 6.92 Å². The second-order valence-electron chi connectivity index (χ2n) is 4.95. The lowest BCUT2D eigenvalue weighted by Crippen LogP contribution is -2.55. The number of nitrogens with two attached hydrogens (primary N) is 1. The minimum atomic E-state index is -0.376. The Morgan fingerprint density at radius 2 is 2.38 bits per heavy atom. The molecule has 16 heavy (non-hydrogen) atoms. The van der Waals surface area contributed by atoms with Gasteiger partial charge in [-0.3, -0.25) is 4.79 Å². The Balaban J connectivity index is 2.36. The minimum absolute atomic E-state index is 0.0403. The van der Waals surface area contributed by atoms with E-state index in [1.54, 1.807) is 0 Å². The summed E-state index contributed by atoms with van der Waals surface area (Å²) in [7, 11) is 0. The van der Waals surface area contributed by atoms with Gasteiger partial charge in [0, 0.05) is 6.61 Å². The molecule has 3 N–H and O–H groups in total. The molecule has 0 aromatic carbocycles. The van der Waals surface area contributed by atoms with E-state index in [9.17, 15) is 4.79 Å². The summed E-state index contributed by atoms with van der Waals surface area (Å²) in [4.78, 5) is 11.8. The van der Waals surface area contributed by atoms with Crippen LogP contribution in [0.5, 0.6) is 0 Å². The van der Waals surface area contributed by atoms with Crippen LogP contribution in [0.1, 0.15) is 46.0 Å². The van der Waals surface area contributed by atoms with Crippen molar-refractivity contribution in [1.82, 2.24) is 5.32 Å². The highest BCUT2D eigenvalue weighted by molar-refractivity contribution is 5.82. The maximum atomic E-state index is 11.8. The zero-order chi connectivity index (χ0) is 12.0. The van der Waals surface area contributed by atoms with Crippen molar-refractivity contribution < 1.29 is 9.53 Å². The van der Waals surface area contributed by atoms with Crippen LogP contribution in [0, 0.1) is 0 Å². The van der Waals surface area contributed by atoms with Gasteiger partial charge in [-0.25, -0.2) is 0 Å². The average molecular weight is 228 g/mol. The molecule has 1 amide bonds. The fraction of sp³-hybridized carbons (Fsp3) is 0.917. The SMILES string of the molecule is CCCC[C@H](N)C(=O)NC1(C)CCCOC1. The first-order chi connectivity index (χ1) is 7.57. The van der Waals surface area contributed by atoms with Crippen molar-refractivity contribution in [2.45, 2.75) is 57.5 Å². The number of rotatable bonds is 5. The van der Waals surface area contributed by atoms with Crippen molar-refractivity contribution in [2.24, 2.45) is 5.73 Å². The lowest BCUT2D eigenvalue weighted by molar-refractivity contribution is -0.126. The van der Waals surface area contributed by atoms with Gasteiger partial charge in [0.15, 0.2) is 0 Å². The first-order valence-corrected chi connectivity index (χ1v) is 6.23. The highest BCUT2D eigenvalue weighted by Gasteiger charge is 2.30. The van der Waals surface area contributed by atoms with Crippen LogP contribution < -0.4 is 11.1 Å². The van der Waals surface area contributed by atoms with Crippen molar-refractivity contribution in [2.75, 3.05) is 13.2 Å². The lowest BCUT2D eigenvalue weighted by Gasteiger charge is -2.35. The molecule has 1 unspecified atom stereocenters. The third kappa shape index (κ3) is 4.10. The van der Waals surface area contributed by atoms with Crippen molar-refractivity contribution >= 4 is 5.91 Å². The van der Waals surface area contributed by atoms with Crippen molar-refractivity contribution in [3.8, 4) is 0 Å². The maximum Gasteiger partial charge on any atom is 0.237 e. The summed E-state index contributed by atoms with van der Waals surface area (Å²) in [5.41, 5.74) is 5.60. The largest absolute Gasteiger partial charge is 0.379 e. The second kappa shape index (κ2) is 6.21. The summed E-state index contributed by atoms with van der Waals surface area (Å²) >= 11 is 0. The molecule has 1 heterocycles. The lowest BCUT2D eigenvalue weighted by atomic mass is 9.94. The number of unbranched alkanes of at least 4 members (excludes halogenated alkanes) is 1. The number of ether oxygens (including phenoxy) is 1. The third-order valence-corrected chi connectivity index (χ3v) is 3.07. The number of carbonyl (C=O) groups is 1. The molecular weight excluding hydrogens is 204 g/mol. The van der Waals surface area contributed by atoms with E-state index in [-0.39, 0.29) is 17.5 Å². The van der Waals surface area contributed by atoms with Gasteiger partial charge < -0.3 is 15.8 Å². The molecule has 0 bridgehead atoms. The first kappa shape index (κ1) is 13.5. The average Bonchev–Trinajstić information content (AvgIpc) is 2.26. The molecule has 94 valence electrons. The van der Waals surface area contributed by atoms with Gasteiger partial charge in [0.2, 0.25) is 5.91 Å².